The van der Waals surface area contributed by atoms with Crippen molar-refractivity contribution >= 4 is 26.2 Å². The van der Waals surface area contributed by atoms with Gasteiger partial charge in [-0.2, -0.15) is 0 Å². The molecule has 1 heterocycles. The van der Waals surface area contributed by atoms with Crippen LogP contribution in [0.5, 0.6) is 0 Å². The number of fused-ring (bicyclic) bond motifs is 1. The van der Waals surface area contributed by atoms with Crippen LogP contribution in [0.4, 0.5) is 13.2 Å². The Hall–Kier alpha value is -0.790. The fourth-order valence-electron chi connectivity index (χ4n) is 1.10. The zero-order chi connectivity index (χ0) is 10.3. The molecule has 14 heavy (non-hydrogen) atoms. The Morgan fingerprint density at radius 3 is 2.50 bits per heavy atom. The van der Waals surface area contributed by atoms with Crippen molar-refractivity contribution in [1.82, 2.24) is 0 Å². The predicted molar refractivity (Wildman–Crippen MR) is 52.3 cm³/mol. The van der Waals surface area contributed by atoms with Crippen molar-refractivity contribution in [3.63, 3.8) is 0 Å². The van der Waals surface area contributed by atoms with E-state index in [0.717, 1.165) is 0 Å². The Bertz CT molecular complexity index is 388. The third-order valence-corrected chi connectivity index (χ3v) is 5.60. The van der Waals surface area contributed by atoms with E-state index in [1.54, 1.807) is 6.07 Å². The Morgan fingerprint density at radius 1 is 1.21 bits per heavy atom. The summed E-state index contributed by atoms with van der Waals surface area (Å²) in [6, 6.07) is 5.86. The molecule has 0 bridgehead atoms. The van der Waals surface area contributed by atoms with E-state index < -0.39 is 30.4 Å². The molecule has 2 nitrogen and oxygen atoms in total. The van der Waals surface area contributed by atoms with Crippen LogP contribution in [0, 0.1) is 3.57 Å². The summed E-state index contributed by atoms with van der Waals surface area (Å²) in [6.45, 7) is 0. The molecule has 0 saturated heterocycles. The Labute approximate surface area is 85.0 Å². The van der Waals surface area contributed by atoms with Gasteiger partial charge in [0, 0.05) is 0 Å². The monoisotopic (exact) mass is 317 g/mol. The van der Waals surface area contributed by atoms with Gasteiger partial charge in [-0.15, -0.1) is 0 Å². The van der Waals surface area contributed by atoms with E-state index in [1.165, 1.54) is 18.2 Å². The molecule has 0 radical (unpaired) electrons. The summed E-state index contributed by atoms with van der Waals surface area (Å²) in [5.74, 6) is -0.594. The van der Waals surface area contributed by atoms with Gasteiger partial charge in [-0.3, -0.25) is 0 Å². The molecule has 6 heteroatoms. The van der Waals surface area contributed by atoms with E-state index in [9.17, 15) is 13.2 Å². The molecule has 0 saturated carbocycles. The molecule has 1 aliphatic heterocycles. The minimum absolute atomic E-state index is 0.113. The molecular weight excluding hydrogens is 312 g/mol. The molecule has 76 valence electrons. The van der Waals surface area contributed by atoms with Crippen LogP contribution in [0.25, 0.3) is 0 Å². The molecule has 1 N–H and O–H groups in total. The second-order valence-electron chi connectivity index (χ2n) is 2.54. The molecule has 0 unspecified atom stereocenters. The van der Waals surface area contributed by atoms with Gasteiger partial charge in [0.15, 0.2) is 0 Å². The zero-order valence-electron chi connectivity index (χ0n) is 6.68. The summed E-state index contributed by atoms with van der Waals surface area (Å²) >= 11 is -3.70. The molecule has 0 aromatic heterocycles. The normalized spacial score (nSPS) is 17.9. The fourth-order valence-corrected chi connectivity index (χ4v) is 4.37. The Kier molecular flexibility index (Phi) is 2.17. The van der Waals surface area contributed by atoms with Crippen molar-refractivity contribution in [2.75, 3.05) is 0 Å². The number of hydrogen-bond acceptors (Lipinski definition) is 1. The van der Waals surface area contributed by atoms with Crippen molar-refractivity contribution in [2.45, 2.75) is 4.18 Å². The minimum atomic E-state index is -4.34. The van der Waals surface area contributed by atoms with E-state index in [1.807, 2.05) is 0 Å². The third-order valence-electron chi connectivity index (χ3n) is 1.63. The summed E-state index contributed by atoms with van der Waals surface area (Å²) in [7, 11) is 0. The molecule has 2 rings (SSSR count). The number of carbonyl (C=O) groups excluding carboxylic acids is 1. The summed E-state index contributed by atoms with van der Waals surface area (Å²) in [5.41, 5.74) is 0.176. The first-order chi connectivity index (χ1) is 6.50. The van der Waals surface area contributed by atoms with Crippen LogP contribution in [-0.4, -0.2) is 14.9 Å². The number of hydrogen-bond donors (Lipinski definition) is 0. The van der Waals surface area contributed by atoms with Crippen LogP contribution >= 0.6 is 20.2 Å². The van der Waals surface area contributed by atoms with Gasteiger partial charge in [0.1, 0.15) is 0 Å². The summed E-state index contributed by atoms with van der Waals surface area (Å²) in [6.07, 6.45) is 0. The quantitative estimate of drug-likeness (QED) is 0.411. The Morgan fingerprint density at radius 2 is 1.86 bits per heavy atom. The number of alkyl halides is 4. The van der Waals surface area contributed by atoms with Crippen LogP contribution in [0.1, 0.15) is 5.56 Å². The van der Waals surface area contributed by atoms with Crippen molar-refractivity contribution in [3.05, 3.63) is 33.4 Å². The maximum atomic E-state index is 12.4. The van der Waals surface area contributed by atoms with Gasteiger partial charge in [-0.05, 0) is 0 Å². The number of rotatable bonds is 0. The van der Waals surface area contributed by atoms with Gasteiger partial charge in [0.2, 0.25) is 0 Å². The van der Waals surface area contributed by atoms with Gasteiger partial charge in [0.05, 0.1) is 0 Å². The van der Waals surface area contributed by atoms with E-state index in [0.29, 0.717) is 0 Å². The van der Waals surface area contributed by atoms with E-state index in [2.05, 4.69) is 3.07 Å². The second-order valence-corrected chi connectivity index (χ2v) is 6.79. The molecule has 0 atom stereocenters. The standard InChI is InChI=1S/C8H4F3IO2/c9-8(10,11)12-6-4-2-1-3-5(6)7(13)14-12/h1-4H/p+1. The first-order valence-corrected chi connectivity index (χ1v) is 6.64. The predicted octanol–water partition coefficient (Wildman–Crippen LogP) is 2.68. The Balaban J connectivity index is 2.50. The topological polar surface area (TPSA) is 30.6 Å². The molecule has 1 aromatic rings. The van der Waals surface area contributed by atoms with Crippen molar-refractivity contribution < 1.29 is 21.0 Å². The van der Waals surface area contributed by atoms with Crippen LogP contribution < -0.4 is 0 Å². The van der Waals surface area contributed by atoms with Crippen molar-refractivity contribution in [2.24, 2.45) is 0 Å². The van der Waals surface area contributed by atoms with Gasteiger partial charge < -0.3 is 0 Å². The van der Waals surface area contributed by atoms with Crippen LogP contribution in [0.2, 0.25) is 0 Å². The molecule has 0 fully saturated rings. The molecule has 0 spiro atoms. The average molecular weight is 317 g/mol. The van der Waals surface area contributed by atoms with Crippen LogP contribution in [-0.2, 0) is 3.07 Å². The van der Waals surface area contributed by atoms with Gasteiger partial charge in [-0.25, -0.2) is 0 Å². The van der Waals surface area contributed by atoms with Crippen LogP contribution in [0.15, 0.2) is 24.3 Å². The molecule has 0 aliphatic carbocycles. The van der Waals surface area contributed by atoms with Gasteiger partial charge in [0.25, 0.3) is 0 Å². The van der Waals surface area contributed by atoms with Crippen molar-refractivity contribution in [1.29, 1.82) is 0 Å². The average Bonchev–Trinajstić information content (AvgIpc) is 2.44. The zero-order valence-corrected chi connectivity index (χ0v) is 8.83. The first kappa shape index (κ1) is 9.75. The van der Waals surface area contributed by atoms with E-state index in [4.69, 9.17) is 4.79 Å². The fraction of sp³-hybridized carbons (Fsp3) is 0.125. The molecule has 0 amide bonds. The molecule has 1 aliphatic rings. The summed E-state index contributed by atoms with van der Waals surface area (Å²) in [4.78, 5) is 9.15. The van der Waals surface area contributed by atoms with Gasteiger partial charge in [-0.1, -0.05) is 0 Å². The number of halogens is 4. The summed E-state index contributed by atoms with van der Waals surface area (Å²) < 4.78 is 37.6. The number of benzene rings is 1. The summed E-state index contributed by atoms with van der Waals surface area (Å²) in [5, 5.41) is 0. The third kappa shape index (κ3) is 1.47. The molecule has 1 aromatic carbocycles. The van der Waals surface area contributed by atoms with Crippen LogP contribution in [0.3, 0.4) is 0 Å². The van der Waals surface area contributed by atoms with Crippen molar-refractivity contribution in [3.8, 4) is 0 Å². The second kappa shape index (κ2) is 3.11. The van der Waals surface area contributed by atoms with E-state index >= 15 is 0 Å². The van der Waals surface area contributed by atoms with Gasteiger partial charge >= 0.3 is 84.8 Å². The van der Waals surface area contributed by atoms with E-state index in [-0.39, 0.29) is 9.13 Å². The maximum absolute atomic E-state index is 12.4. The first-order valence-electron chi connectivity index (χ1n) is 3.60. The molecular formula is C8H5F3IO2+. The SMILES string of the molecule is [OH+]=C1OI(C(F)(F)F)c2ccccc21.